The van der Waals surface area contributed by atoms with E-state index < -0.39 is 5.41 Å². The lowest BCUT2D eigenvalue weighted by Crippen LogP contribution is -2.49. The third-order valence-electron chi connectivity index (χ3n) is 7.58. The number of piperazine rings is 1. The van der Waals surface area contributed by atoms with Crippen LogP contribution in [0.5, 0.6) is 0 Å². The summed E-state index contributed by atoms with van der Waals surface area (Å²) in [7, 11) is 0. The fourth-order valence-electron chi connectivity index (χ4n) is 5.69. The molecule has 1 aliphatic carbocycles. The first kappa shape index (κ1) is 20.7. The number of hydrogen-bond donors (Lipinski definition) is 0. The van der Waals surface area contributed by atoms with Crippen LogP contribution in [0.4, 0.5) is 11.4 Å². The molecule has 6 rings (SSSR count). The maximum Gasteiger partial charge on any atom is 0.238 e. The van der Waals surface area contributed by atoms with Gasteiger partial charge in [-0.1, -0.05) is 41.9 Å². The van der Waals surface area contributed by atoms with Gasteiger partial charge in [-0.05, 0) is 47.9 Å². The molecule has 2 fully saturated rings. The van der Waals surface area contributed by atoms with Crippen LogP contribution in [0.2, 0.25) is 5.02 Å². The highest BCUT2D eigenvalue weighted by Crippen LogP contribution is 2.66. The molecule has 2 aliphatic heterocycles. The highest BCUT2D eigenvalue weighted by atomic mass is 35.5. The van der Waals surface area contributed by atoms with Crippen LogP contribution in [-0.4, -0.2) is 55.1 Å². The van der Waals surface area contributed by atoms with E-state index in [1.807, 2.05) is 35.5 Å². The SMILES string of the molecule is O=C1N(CCN2CCN(c3ccncc3)CC2)c2ccccc2[C@]12C[C@H]2c1ccc(Cl)cc1. The van der Waals surface area contributed by atoms with Crippen LogP contribution in [-0.2, 0) is 10.2 Å². The number of rotatable bonds is 5. The number of anilines is 2. The number of carbonyl (C=O) groups excluding carboxylic acids is 1. The Bertz CT molecular complexity index is 1160. The van der Waals surface area contributed by atoms with Gasteiger partial charge in [-0.25, -0.2) is 0 Å². The monoisotopic (exact) mass is 458 g/mol. The molecule has 2 atom stereocenters. The van der Waals surface area contributed by atoms with Crippen molar-refractivity contribution in [1.29, 1.82) is 0 Å². The number of carbonyl (C=O) groups is 1. The number of amides is 1. The van der Waals surface area contributed by atoms with Gasteiger partial charge in [-0.3, -0.25) is 14.7 Å². The van der Waals surface area contributed by atoms with Crippen molar-refractivity contribution in [2.75, 3.05) is 49.1 Å². The third-order valence-corrected chi connectivity index (χ3v) is 7.83. The van der Waals surface area contributed by atoms with Gasteiger partial charge in [0.15, 0.2) is 0 Å². The minimum atomic E-state index is -0.398. The maximum absolute atomic E-state index is 13.8. The smallest absolute Gasteiger partial charge is 0.238 e. The molecule has 33 heavy (non-hydrogen) atoms. The first-order valence-corrected chi connectivity index (χ1v) is 12.1. The van der Waals surface area contributed by atoms with Gasteiger partial charge in [0.25, 0.3) is 0 Å². The quantitative estimate of drug-likeness (QED) is 0.570. The van der Waals surface area contributed by atoms with E-state index in [1.165, 1.54) is 16.8 Å². The highest BCUT2D eigenvalue weighted by Gasteiger charge is 2.66. The summed E-state index contributed by atoms with van der Waals surface area (Å²) in [6, 6.07) is 20.5. The fourth-order valence-corrected chi connectivity index (χ4v) is 5.82. The van der Waals surface area contributed by atoms with Crippen LogP contribution in [0.1, 0.15) is 23.5 Å². The number of fused-ring (bicyclic) bond motifs is 2. The minimum absolute atomic E-state index is 0.234. The number of aromatic nitrogens is 1. The van der Waals surface area contributed by atoms with Crippen LogP contribution in [0, 0.1) is 0 Å². The minimum Gasteiger partial charge on any atom is -0.369 e. The van der Waals surface area contributed by atoms with E-state index in [-0.39, 0.29) is 11.8 Å². The van der Waals surface area contributed by atoms with E-state index in [1.54, 1.807) is 0 Å². The van der Waals surface area contributed by atoms with Gasteiger partial charge >= 0.3 is 0 Å². The summed E-state index contributed by atoms with van der Waals surface area (Å²) in [5.74, 6) is 0.497. The summed E-state index contributed by atoms with van der Waals surface area (Å²) in [4.78, 5) is 24.8. The second-order valence-electron chi connectivity index (χ2n) is 9.29. The Morgan fingerprint density at radius 3 is 2.39 bits per heavy atom. The van der Waals surface area contributed by atoms with Crippen LogP contribution in [0.25, 0.3) is 0 Å². The van der Waals surface area contributed by atoms with Crippen molar-refractivity contribution in [2.24, 2.45) is 0 Å². The fraction of sp³-hybridized carbons (Fsp3) is 0.333. The van der Waals surface area contributed by atoms with E-state index >= 15 is 0 Å². The van der Waals surface area contributed by atoms with Crippen molar-refractivity contribution >= 4 is 28.9 Å². The molecule has 0 bridgehead atoms. The lowest BCUT2D eigenvalue weighted by molar-refractivity contribution is -0.120. The number of pyridine rings is 1. The van der Waals surface area contributed by atoms with E-state index in [0.717, 1.165) is 56.4 Å². The Morgan fingerprint density at radius 2 is 1.64 bits per heavy atom. The van der Waals surface area contributed by atoms with Gasteiger partial charge < -0.3 is 9.80 Å². The molecule has 6 heteroatoms. The molecule has 168 valence electrons. The number of halogens is 1. The summed E-state index contributed by atoms with van der Waals surface area (Å²) in [6.45, 7) is 5.63. The normalized spacial score (nSPS) is 24.4. The average molecular weight is 459 g/mol. The first-order valence-electron chi connectivity index (χ1n) is 11.7. The van der Waals surface area contributed by atoms with Crippen LogP contribution < -0.4 is 9.80 Å². The second kappa shape index (κ2) is 8.15. The van der Waals surface area contributed by atoms with Gasteiger partial charge in [0, 0.05) is 74.0 Å². The van der Waals surface area contributed by atoms with Crippen LogP contribution in [0.15, 0.2) is 73.1 Å². The standard InChI is InChI=1S/C27H27ClN4O/c28-21-7-5-20(6-8-21)24-19-27(24)23-3-1-2-4-25(23)32(26(27)33)18-15-30-13-16-31(17-14-30)22-9-11-29-12-10-22/h1-12,24H,13-19H2/t24-,27-/m0/s1. The van der Waals surface area contributed by atoms with Crippen molar-refractivity contribution in [3.63, 3.8) is 0 Å². The van der Waals surface area contributed by atoms with Crippen molar-refractivity contribution in [3.8, 4) is 0 Å². The predicted molar refractivity (Wildman–Crippen MR) is 132 cm³/mol. The first-order chi connectivity index (χ1) is 16.2. The number of benzene rings is 2. The van der Waals surface area contributed by atoms with E-state index in [2.05, 4.69) is 57.2 Å². The lowest BCUT2D eigenvalue weighted by Gasteiger charge is -2.36. The van der Waals surface area contributed by atoms with Gasteiger partial charge in [0.05, 0.1) is 5.41 Å². The molecular formula is C27H27ClN4O. The summed E-state index contributed by atoms with van der Waals surface area (Å²) in [5.41, 5.74) is 4.32. The highest BCUT2D eigenvalue weighted by molar-refractivity contribution is 6.30. The number of para-hydroxylation sites is 1. The zero-order valence-corrected chi connectivity index (χ0v) is 19.3. The molecule has 1 saturated heterocycles. The topological polar surface area (TPSA) is 39.7 Å². The van der Waals surface area contributed by atoms with Crippen LogP contribution >= 0.6 is 11.6 Å². The van der Waals surface area contributed by atoms with Crippen molar-refractivity contribution in [2.45, 2.75) is 17.8 Å². The molecule has 1 saturated carbocycles. The molecule has 0 N–H and O–H groups in total. The molecule has 3 aliphatic rings. The average Bonchev–Trinajstić information content (AvgIpc) is 3.57. The largest absolute Gasteiger partial charge is 0.369 e. The summed E-state index contributed by atoms with van der Waals surface area (Å²) in [5, 5.41) is 0.734. The third kappa shape index (κ3) is 3.51. The Hall–Kier alpha value is -2.89. The maximum atomic E-state index is 13.8. The molecule has 1 spiro atoms. The van der Waals surface area contributed by atoms with Gasteiger partial charge in [-0.2, -0.15) is 0 Å². The molecule has 5 nitrogen and oxygen atoms in total. The lowest BCUT2D eigenvalue weighted by atomic mass is 9.92. The number of nitrogens with zero attached hydrogens (tertiary/aromatic N) is 4. The Labute approximate surface area is 199 Å². The molecular weight excluding hydrogens is 432 g/mol. The van der Waals surface area contributed by atoms with Gasteiger partial charge in [-0.15, -0.1) is 0 Å². The van der Waals surface area contributed by atoms with E-state index in [4.69, 9.17) is 11.6 Å². The summed E-state index contributed by atoms with van der Waals surface area (Å²) in [6.07, 6.45) is 4.58. The number of hydrogen-bond acceptors (Lipinski definition) is 4. The van der Waals surface area contributed by atoms with E-state index in [0.29, 0.717) is 0 Å². The van der Waals surface area contributed by atoms with Crippen LogP contribution in [0.3, 0.4) is 0 Å². The van der Waals surface area contributed by atoms with Gasteiger partial charge in [0.1, 0.15) is 0 Å². The van der Waals surface area contributed by atoms with Crippen molar-refractivity contribution in [3.05, 3.63) is 89.2 Å². The molecule has 1 amide bonds. The Kier molecular flexibility index (Phi) is 5.11. The summed E-state index contributed by atoms with van der Waals surface area (Å²) < 4.78 is 0. The Morgan fingerprint density at radius 1 is 0.909 bits per heavy atom. The van der Waals surface area contributed by atoms with E-state index in [9.17, 15) is 4.79 Å². The zero-order valence-electron chi connectivity index (χ0n) is 18.5. The molecule has 1 aromatic heterocycles. The summed E-state index contributed by atoms with van der Waals surface area (Å²) >= 11 is 6.09. The molecule has 0 radical (unpaired) electrons. The molecule has 2 aromatic carbocycles. The zero-order chi connectivity index (χ0) is 22.4. The second-order valence-corrected chi connectivity index (χ2v) is 9.72. The van der Waals surface area contributed by atoms with Gasteiger partial charge in [0.2, 0.25) is 5.91 Å². The predicted octanol–water partition coefficient (Wildman–Crippen LogP) is 4.33. The molecule has 0 unspecified atom stereocenters. The van der Waals surface area contributed by atoms with Crippen molar-refractivity contribution in [1.82, 2.24) is 9.88 Å². The molecule has 3 aromatic rings. The molecule has 3 heterocycles. The Balaban J connectivity index is 1.15. The van der Waals surface area contributed by atoms with Crippen molar-refractivity contribution < 1.29 is 4.79 Å².